The fourth-order valence-corrected chi connectivity index (χ4v) is 8.81. The molecular weight excluding hydrogens is 993 g/mol. The van der Waals surface area contributed by atoms with Crippen molar-refractivity contribution >= 4 is 66.8 Å². The van der Waals surface area contributed by atoms with E-state index in [1.807, 2.05) is 147 Å². The van der Waals surface area contributed by atoms with Gasteiger partial charge in [0.1, 0.15) is 5.82 Å². The SMILES string of the molecule is c1cc2c(cn1)CCCN2.c1cc2c(cn1)NCCC2.c1cnc2c(c1)CCCN2.c1cnc2c(c1)NCCC2.c1cnc2cccnc2c1.c1cnc2ccncc2c1.c1cnc2cnccc2c1.c1cnc2ncccc2c1. The molecule has 16 nitrogen and oxygen atoms in total. The lowest BCUT2D eigenvalue weighted by molar-refractivity contribution is 0.802. The molecule has 0 bridgehead atoms. The summed E-state index contributed by atoms with van der Waals surface area (Å²) in [6.45, 7) is 4.37. The molecule has 0 atom stereocenters. The van der Waals surface area contributed by atoms with Gasteiger partial charge in [0.15, 0.2) is 5.65 Å². The lowest BCUT2D eigenvalue weighted by Crippen LogP contribution is -2.12. The Hall–Kier alpha value is -9.96. The molecule has 0 aromatic carbocycles. The lowest BCUT2D eigenvalue weighted by atomic mass is 10.1. The second kappa shape index (κ2) is 30.7. The van der Waals surface area contributed by atoms with E-state index in [-0.39, 0.29) is 0 Å². The molecule has 16 heteroatoms. The first kappa shape index (κ1) is 54.8. The second-order valence-corrected chi connectivity index (χ2v) is 18.4. The van der Waals surface area contributed by atoms with Gasteiger partial charge in [0, 0.05) is 135 Å². The number of hydrogen-bond donors (Lipinski definition) is 4. The molecule has 4 aliphatic rings. The van der Waals surface area contributed by atoms with Crippen molar-refractivity contribution in [2.75, 3.05) is 47.4 Å². The third-order valence-electron chi connectivity index (χ3n) is 12.9. The Kier molecular flexibility index (Phi) is 21.0. The number of nitrogens with one attached hydrogen (secondary N) is 4. The van der Waals surface area contributed by atoms with E-state index in [1.54, 1.807) is 55.8 Å². The van der Waals surface area contributed by atoms with Crippen LogP contribution in [-0.2, 0) is 25.7 Å². The van der Waals surface area contributed by atoms with E-state index in [4.69, 9.17) is 0 Å². The fourth-order valence-electron chi connectivity index (χ4n) is 8.81. The van der Waals surface area contributed by atoms with Gasteiger partial charge in [0.2, 0.25) is 0 Å². The van der Waals surface area contributed by atoms with E-state index >= 15 is 0 Å². The summed E-state index contributed by atoms with van der Waals surface area (Å²) in [7, 11) is 0. The minimum Gasteiger partial charge on any atom is -0.385 e. The molecule has 0 unspecified atom stereocenters. The molecule has 0 spiro atoms. The third-order valence-corrected chi connectivity index (χ3v) is 12.9. The summed E-state index contributed by atoms with van der Waals surface area (Å²) in [5.41, 5.74) is 13.7. The molecule has 0 fully saturated rings. The molecule has 400 valence electrons. The lowest BCUT2D eigenvalue weighted by Gasteiger charge is -2.16. The van der Waals surface area contributed by atoms with Crippen LogP contribution >= 0.6 is 0 Å². The third kappa shape index (κ3) is 17.0. The zero-order valence-electron chi connectivity index (χ0n) is 44.6. The van der Waals surface area contributed by atoms with Gasteiger partial charge in [-0.15, -0.1) is 0 Å². The van der Waals surface area contributed by atoms with Gasteiger partial charge in [-0.25, -0.2) is 15.0 Å². The van der Waals surface area contributed by atoms with Gasteiger partial charge in [-0.05, 0) is 177 Å². The molecule has 0 radical (unpaired) electrons. The summed E-state index contributed by atoms with van der Waals surface area (Å²) in [6, 6.07) is 39.5. The Morgan fingerprint density at radius 1 is 0.275 bits per heavy atom. The highest BCUT2D eigenvalue weighted by atomic mass is 15.0. The van der Waals surface area contributed by atoms with E-state index < -0.39 is 0 Å². The van der Waals surface area contributed by atoms with Crippen LogP contribution in [0.1, 0.15) is 48.1 Å². The Bertz CT molecular complexity index is 2920. The second-order valence-electron chi connectivity index (χ2n) is 18.4. The number of aryl methyl sites for hydroxylation is 4. The summed E-state index contributed by atoms with van der Waals surface area (Å²) < 4.78 is 0. The first-order valence-corrected chi connectivity index (χ1v) is 27.0. The number of fused-ring (bicyclic) bond motifs is 8. The fraction of sp³-hybridized carbons (Fsp3) is 0.188. The standard InChI is InChI=1S/C8H10N2.C8H6N2.C8H10N2.C8H6N2.C8H10N2.C8H6N2.C8H10N2.C8H6N2/c2*1-3-7-8(9-5-1)4-2-6-10-7;2*1-3-7-4-2-6-10-8(7)9-5-1;2*1-2-7-6-9-5-3-8(7)10-4-1;2*1-2-7-3-5-9-6-8(7)10-4-1/h1,3,5,10H,2,4,6H2;1-6H;1,3,5H,2,4,6H2,(H,9,10);1-6H;3,5-6,10H,1-2,4H2;1-6H;3,5-6,10H,1-2,4H2;1-6H. The molecule has 0 saturated heterocycles. The van der Waals surface area contributed by atoms with Crippen molar-refractivity contribution in [1.82, 2.24) is 59.8 Å². The van der Waals surface area contributed by atoms with Crippen LogP contribution in [0.25, 0.3) is 43.9 Å². The summed E-state index contributed by atoms with van der Waals surface area (Å²) >= 11 is 0. The van der Waals surface area contributed by atoms with Gasteiger partial charge >= 0.3 is 0 Å². The average Bonchev–Trinajstić information content (AvgIpc) is 3.56. The van der Waals surface area contributed by atoms with Crippen LogP contribution in [0.3, 0.4) is 0 Å². The molecule has 16 heterocycles. The molecule has 12 aromatic heterocycles. The molecular formula is C64H64N16. The van der Waals surface area contributed by atoms with Crippen molar-refractivity contribution in [2.45, 2.75) is 51.4 Å². The molecule has 80 heavy (non-hydrogen) atoms. The Balaban J connectivity index is 0.000000111. The minimum absolute atomic E-state index is 0.810. The monoisotopic (exact) mass is 1060 g/mol. The highest BCUT2D eigenvalue weighted by Gasteiger charge is 2.09. The average molecular weight is 1060 g/mol. The maximum atomic E-state index is 4.26. The quantitative estimate of drug-likeness (QED) is 0.112. The molecule has 4 N–H and O–H groups in total. The molecule has 0 saturated carbocycles. The van der Waals surface area contributed by atoms with E-state index in [0.717, 1.165) is 82.3 Å². The summed E-state index contributed by atoms with van der Waals surface area (Å²) in [4.78, 5) is 49.1. The number of nitrogens with zero attached hydrogens (tertiary/aromatic N) is 12. The highest BCUT2D eigenvalue weighted by Crippen LogP contribution is 2.21. The number of anilines is 4. The molecule has 4 aliphatic heterocycles. The molecule has 0 aliphatic carbocycles. The smallest absolute Gasteiger partial charge is 0.159 e. The van der Waals surface area contributed by atoms with Gasteiger partial charge in [-0.2, -0.15) is 0 Å². The first-order valence-electron chi connectivity index (χ1n) is 27.0. The normalized spacial score (nSPS) is 12.8. The van der Waals surface area contributed by atoms with Gasteiger partial charge in [-0.1, -0.05) is 12.1 Å². The van der Waals surface area contributed by atoms with Crippen LogP contribution in [0.4, 0.5) is 22.9 Å². The maximum absolute atomic E-state index is 4.26. The first-order chi connectivity index (χ1) is 39.7. The van der Waals surface area contributed by atoms with Crippen LogP contribution in [0.15, 0.2) is 220 Å². The molecule has 16 rings (SSSR count). The maximum Gasteiger partial charge on any atom is 0.159 e. The Labute approximate surface area is 466 Å². The largest absolute Gasteiger partial charge is 0.385 e. The number of hydrogen-bond acceptors (Lipinski definition) is 16. The van der Waals surface area contributed by atoms with E-state index in [9.17, 15) is 0 Å². The number of aromatic nitrogens is 12. The summed E-state index contributed by atoms with van der Waals surface area (Å²) in [6.07, 6.45) is 38.5. The summed E-state index contributed by atoms with van der Waals surface area (Å²) in [5, 5.41) is 16.5. The van der Waals surface area contributed by atoms with E-state index in [1.165, 1.54) is 84.4 Å². The number of pyridine rings is 12. The van der Waals surface area contributed by atoms with E-state index in [2.05, 4.69) is 99.3 Å². The zero-order valence-corrected chi connectivity index (χ0v) is 44.6. The topological polar surface area (TPSA) is 203 Å². The van der Waals surface area contributed by atoms with Gasteiger partial charge in [-0.3, -0.25) is 44.9 Å². The van der Waals surface area contributed by atoms with E-state index in [0.29, 0.717) is 0 Å². The van der Waals surface area contributed by atoms with Crippen molar-refractivity contribution in [3.8, 4) is 0 Å². The predicted molar refractivity (Wildman–Crippen MR) is 322 cm³/mol. The number of rotatable bonds is 0. The highest BCUT2D eigenvalue weighted by molar-refractivity contribution is 5.77. The van der Waals surface area contributed by atoms with Crippen LogP contribution in [0.2, 0.25) is 0 Å². The van der Waals surface area contributed by atoms with Crippen molar-refractivity contribution < 1.29 is 0 Å². The van der Waals surface area contributed by atoms with Crippen LogP contribution in [-0.4, -0.2) is 86.0 Å². The molecule has 0 amide bonds. The van der Waals surface area contributed by atoms with Crippen LogP contribution < -0.4 is 21.3 Å². The van der Waals surface area contributed by atoms with Gasteiger partial charge < -0.3 is 21.3 Å². The van der Waals surface area contributed by atoms with Gasteiger partial charge in [0.25, 0.3) is 0 Å². The van der Waals surface area contributed by atoms with Crippen molar-refractivity contribution in [3.63, 3.8) is 0 Å². The van der Waals surface area contributed by atoms with Gasteiger partial charge in [0.05, 0.1) is 51.5 Å². The minimum atomic E-state index is 0.810. The molecule has 12 aromatic rings. The van der Waals surface area contributed by atoms with Crippen LogP contribution in [0, 0.1) is 0 Å². The van der Waals surface area contributed by atoms with Crippen molar-refractivity contribution in [2.24, 2.45) is 0 Å². The predicted octanol–water partition coefficient (Wildman–Crippen LogP) is 12.3. The zero-order chi connectivity index (χ0) is 54.5. The van der Waals surface area contributed by atoms with Crippen molar-refractivity contribution in [1.29, 1.82) is 0 Å². The Morgan fingerprint density at radius 2 is 0.787 bits per heavy atom. The van der Waals surface area contributed by atoms with Crippen molar-refractivity contribution in [3.05, 3.63) is 243 Å². The Morgan fingerprint density at radius 3 is 1.49 bits per heavy atom. The summed E-state index contributed by atoms with van der Waals surface area (Å²) in [5.74, 6) is 1.08. The van der Waals surface area contributed by atoms with Crippen LogP contribution in [0.5, 0.6) is 0 Å².